The molecule has 2 saturated heterocycles. The maximum Gasteiger partial charge on any atom is 0.410 e. The van der Waals surface area contributed by atoms with Crippen molar-refractivity contribution in [2.75, 3.05) is 13.1 Å². The lowest BCUT2D eigenvalue weighted by molar-refractivity contribution is -0.139. The topological polar surface area (TPSA) is 78.9 Å². The van der Waals surface area contributed by atoms with E-state index in [-0.39, 0.29) is 18.1 Å². The van der Waals surface area contributed by atoms with Gasteiger partial charge in [-0.15, -0.1) is 0 Å². The maximum absolute atomic E-state index is 11.9. The molecule has 0 bridgehead atoms. The Morgan fingerprint density at radius 2 is 2.00 bits per heavy atom. The third-order valence-corrected chi connectivity index (χ3v) is 3.34. The minimum atomic E-state index is -0.812. The summed E-state index contributed by atoms with van der Waals surface area (Å²) < 4.78 is 5.30. The van der Waals surface area contributed by atoms with Gasteiger partial charge in [0, 0.05) is 19.1 Å². The van der Waals surface area contributed by atoms with Crippen LogP contribution < -0.4 is 5.32 Å². The molecular weight excluding hydrogens is 236 g/mol. The summed E-state index contributed by atoms with van der Waals surface area (Å²) in [5, 5.41) is 12.0. The van der Waals surface area contributed by atoms with E-state index in [0.717, 1.165) is 0 Å². The third-order valence-electron chi connectivity index (χ3n) is 3.34. The summed E-state index contributed by atoms with van der Waals surface area (Å²) in [6.07, 6.45) is 0.268. The molecule has 6 heteroatoms. The minimum Gasteiger partial charge on any atom is -0.480 e. The summed E-state index contributed by atoms with van der Waals surface area (Å²) in [6.45, 7) is 6.61. The Hall–Kier alpha value is -1.30. The lowest BCUT2D eigenvalue weighted by Crippen LogP contribution is -2.41. The molecule has 0 aromatic heterocycles. The first-order valence-corrected chi connectivity index (χ1v) is 6.23. The largest absolute Gasteiger partial charge is 0.480 e. The summed E-state index contributed by atoms with van der Waals surface area (Å²) in [5.74, 6) is -0.591. The van der Waals surface area contributed by atoms with Gasteiger partial charge in [-0.05, 0) is 33.1 Å². The first-order chi connectivity index (χ1) is 8.26. The number of amides is 1. The van der Waals surface area contributed by atoms with Crippen molar-refractivity contribution in [2.24, 2.45) is 5.92 Å². The Balaban J connectivity index is 1.89. The zero-order valence-electron chi connectivity index (χ0n) is 11.0. The smallest absolute Gasteiger partial charge is 0.410 e. The molecule has 3 atom stereocenters. The number of fused-ring (bicyclic) bond motifs is 1. The van der Waals surface area contributed by atoms with Crippen LogP contribution in [0.25, 0.3) is 0 Å². The van der Waals surface area contributed by atoms with Gasteiger partial charge in [0.2, 0.25) is 0 Å². The molecule has 0 radical (unpaired) electrons. The molecule has 2 fully saturated rings. The fraction of sp³-hybridized carbons (Fsp3) is 0.833. The van der Waals surface area contributed by atoms with E-state index in [0.29, 0.717) is 19.5 Å². The number of likely N-dealkylation sites (tertiary alicyclic amines) is 1. The summed E-state index contributed by atoms with van der Waals surface area (Å²) in [6, 6.07) is -0.389. The minimum absolute atomic E-state index is 0.0821. The fourth-order valence-corrected chi connectivity index (χ4v) is 2.58. The summed E-state index contributed by atoms with van der Waals surface area (Å²) >= 11 is 0. The van der Waals surface area contributed by atoms with Gasteiger partial charge in [0.1, 0.15) is 11.6 Å². The van der Waals surface area contributed by atoms with E-state index in [1.807, 2.05) is 20.8 Å². The van der Waals surface area contributed by atoms with Crippen molar-refractivity contribution in [2.45, 2.75) is 44.9 Å². The molecule has 0 saturated carbocycles. The number of hydrogen-bond acceptors (Lipinski definition) is 4. The number of carbonyl (C=O) groups excluding carboxylic acids is 1. The van der Waals surface area contributed by atoms with Crippen molar-refractivity contribution in [1.82, 2.24) is 10.2 Å². The van der Waals surface area contributed by atoms with E-state index in [1.165, 1.54) is 0 Å². The molecular formula is C12H20N2O4. The van der Waals surface area contributed by atoms with Crippen molar-refractivity contribution in [1.29, 1.82) is 0 Å². The number of carbonyl (C=O) groups is 2. The molecule has 2 heterocycles. The number of ether oxygens (including phenoxy) is 1. The van der Waals surface area contributed by atoms with Gasteiger partial charge >= 0.3 is 12.1 Å². The van der Waals surface area contributed by atoms with Crippen molar-refractivity contribution in [3.8, 4) is 0 Å². The van der Waals surface area contributed by atoms with Crippen molar-refractivity contribution in [3.63, 3.8) is 0 Å². The molecule has 1 amide bonds. The highest BCUT2D eigenvalue weighted by Crippen LogP contribution is 2.29. The van der Waals surface area contributed by atoms with Crippen molar-refractivity contribution in [3.05, 3.63) is 0 Å². The number of hydrogen-bond donors (Lipinski definition) is 2. The first kappa shape index (κ1) is 13.1. The Morgan fingerprint density at radius 1 is 1.33 bits per heavy atom. The Kier molecular flexibility index (Phi) is 3.23. The van der Waals surface area contributed by atoms with Crippen LogP contribution in [0.4, 0.5) is 4.79 Å². The second-order valence-electron chi connectivity index (χ2n) is 6.05. The van der Waals surface area contributed by atoms with E-state index in [2.05, 4.69) is 5.32 Å². The van der Waals surface area contributed by atoms with E-state index in [9.17, 15) is 9.59 Å². The molecule has 3 unspecified atom stereocenters. The SMILES string of the molecule is CC(C)(C)OC(=O)N1CC2CC(C(=O)O)NC2C1. The van der Waals surface area contributed by atoms with Gasteiger partial charge in [0.05, 0.1) is 0 Å². The monoisotopic (exact) mass is 256 g/mol. The Bertz CT molecular complexity index is 350. The van der Waals surface area contributed by atoms with Crippen LogP contribution in [0.2, 0.25) is 0 Å². The summed E-state index contributed by atoms with van der Waals surface area (Å²) in [7, 11) is 0. The van der Waals surface area contributed by atoms with Crippen LogP contribution in [0, 0.1) is 5.92 Å². The molecule has 2 aliphatic heterocycles. The van der Waals surface area contributed by atoms with E-state index in [1.54, 1.807) is 4.90 Å². The quantitative estimate of drug-likeness (QED) is 0.721. The maximum atomic E-state index is 11.9. The first-order valence-electron chi connectivity index (χ1n) is 6.23. The number of carboxylic acid groups (broad SMARTS) is 1. The standard InChI is InChI=1S/C12H20N2O4/c1-12(2,3)18-11(17)14-5-7-4-8(10(15)16)13-9(7)6-14/h7-9,13H,4-6H2,1-3H3,(H,15,16). The average Bonchev–Trinajstić information content (AvgIpc) is 2.69. The Labute approximate surface area is 106 Å². The van der Waals surface area contributed by atoms with Gasteiger partial charge in [-0.3, -0.25) is 10.1 Å². The summed E-state index contributed by atoms with van der Waals surface area (Å²) in [5.41, 5.74) is -0.494. The van der Waals surface area contributed by atoms with E-state index < -0.39 is 17.6 Å². The van der Waals surface area contributed by atoms with Crippen molar-refractivity contribution >= 4 is 12.1 Å². The van der Waals surface area contributed by atoms with Crippen LogP contribution in [-0.4, -0.2) is 52.8 Å². The highest BCUT2D eigenvalue weighted by atomic mass is 16.6. The van der Waals surface area contributed by atoms with Gasteiger partial charge in [0.15, 0.2) is 0 Å². The van der Waals surface area contributed by atoms with Crippen LogP contribution in [0.5, 0.6) is 0 Å². The molecule has 0 aromatic rings. The molecule has 0 spiro atoms. The highest BCUT2D eigenvalue weighted by molar-refractivity contribution is 5.74. The van der Waals surface area contributed by atoms with Crippen LogP contribution in [0.3, 0.4) is 0 Å². The second kappa shape index (κ2) is 4.42. The number of aliphatic carboxylic acids is 1. The van der Waals surface area contributed by atoms with Gasteiger partial charge in [-0.25, -0.2) is 4.79 Å². The van der Waals surface area contributed by atoms with Crippen LogP contribution >= 0.6 is 0 Å². The highest BCUT2D eigenvalue weighted by Gasteiger charge is 2.45. The van der Waals surface area contributed by atoms with E-state index >= 15 is 0 Å². The van der Waals surface area contributed by atoms with Crippen LogP contribution in [0.1, 0.15) is 27.2 Å². The molecule has 6 nitrogen and oxygen atoms in total. The molecule has 2 rings (SSSR count). The van der Waals surface area contributed by atoms with Gasteiger partial charge in [0.25, 0.3) is 0 Å². The lowest BCUT2D eigenvalue weighted by Gasteiger charge is -2.25. The zero-order chi connectivity index (χ0) is 13.5. The van der Waals surface area contributed by atoms with E-state index in [4.69, 9.17) is 9.84 Å². The molecule has 0 aliphatic carbocycles. The molecule has 2 aliphatic rings. The summed E-state index contributed by atoms with van der Waals surface area (Å²) in [4.78, 5) is 24.4. The number of carboxylic acids is 1. The molecule has 0 aromatic carbocycles. The average molecular weight is 256 g/mol. The van der Waals surface area contributed by atoms with Gasteiger partial charge in [-0.2, -0.15) is 0 Å². The zero-order valence-corrected chi connectivity index (χ0v) is 11.0. The molecule has 102 valence electrons. The predicted octanol–water partition coefficient (Wildman–Crippen LogP) is 0.668. The van der Waals surface area contributed by atoms with Crippen LogP contribution in [0.15, 0.2) is 0 Å². The van der Waals surface area contributed by atoms with Gasteiger partial charge < -0.3 is 14.7 Å². The number of nitrogens with zero attached hydrogens (tertiary/aromatic N) is 1. The third kappa shape index (κ3) is 2.75. The molecule has 2 N–H and O–H groups in total. The fourth-order valence-electron chi connectivity index (χ4n) is 2.58. The van der Waals surface area contributed by atoms with Gasteiger partial charge in [-0.1, -0.05) is 0 Å². The Morgan fingerprint density at radius 3 is 2.50 bits per heavy atom. The normalized spacial score (nSPS) is 31.3. The predicted molar refractivity (Wildman–Crippen MR) is 64.3 cm³/mol. The molecule has 18 heavy (non-hydrogen) atoms. The number of nitrogens with one attached hydrogen (secondary N) is 1. The second-order valence-corrected chi connectivity index (χ2v) is 6.05. The lowest BCUT2D eigenvalue weighted by atomic mass is 10.0. The number of rotatable bonds is 1. The van der Waals surface area contributed by atoms with Crippen LogP contribution in [-0.2, 0) is 9.53 Å². The van der Waals surface area contributed by atoms with Crippen molar-refractivity contribution < 1.29 is 19.4 Å².